The van der Waals surface area contributed by atoms with Gasteiger partial charge in [-0.1, -0.05) is 134 Å². The summed E-state index contributed by atoms with van der Waals surface area (Å²) in [6.45, 7) is -1.13. The van der Waals surface area contributed by atoms with E-state index in [1.165, 1.54) is 89.4 Å². The molecule has 1 aliphatic rings. The SMILES string of the molecule is COC(=O)c1nc(-c2ccc(C3CC3)nc2)c(F)c(N)c1Cl.COC(=O)c1nc(-c2ccc(Cl)nc2F)cc(N)c1Cl.COC(=O)c1nc(-c2ccc(Cl)nc2OC)cc(N)c1Cl.Nc1c(F)c(-c2ccc(Cl)c(F)c2Cl)nc(C(=O)O)c1Cl.Nc1c(F)c(-c2ccc(I)nc2)nc(C(=O)O)c1Cl.Nc1cc(-c2ccc(Cl)c(F)c2CF)nc(C(=O)O)c1Cl. The van der Waals surface area contributed by atoms with Gasteiger partial charge in [-0.2, -0.15) is 4.39 Å². The first kappa shape index (κ1) is 98.2. The third-order valence-electron chi connectivity index (χ3n) is 16.4. The van der Waals surface area contributed by atoms with E-state index in [9.17, 15) is 59.5 Å². The molecule has 0 aliphatic heterocycles. The van der Waals surface area contributed by atoms with E-state index in [0.717, 1.165) is 24.6 Å². The normalized spacial score (nSPS) is 11.1. The summed E-state index contributed by atoms with van der Waals surface area (Å²) >= 11 is 65.0. The van der Waals surface area contributed by atoms with Gasteiger partial charge in [0.1, 0.15) is 43.6 Å². The van der Waals surface area contributed by atoms with Crippen molar-refractivity contribution < 1.29 is 93.8 Å². The molecule has 0 atom stereocenters. The average Bonchev–Trinajstić information content (AvgIpc) is 1.11. The summed E-state index contributed by atoms with van der Waals surface area (Å²) in [5, 5.41) is 24.7. The number of aromatic carboxylic acids is 3. The Morgan fingerprint density at radius 1 is 0.411 bits per heavy atom. The number of ether oxygens (including phenoxy) is 4. The summed E-state index contributed by atoms with van der Waals surface area (Å²) in [6, 6.07) is 21.7. The Balaban J connectivity index is 0.000000185. The first-order valence-electron chi connectivity index (χ1n) is 33.5. The Morgan fingerprint density at radius 3 is 1.21 bits per heavy atom. The van der Waals surface area contributed by atoms with E-state index in [1.54, 1.807) is 30.3 Å². The molecule has 0 bridgehead atoms. The van der Waals surface area contributed by atoms with Gasteiger partial charge in [0, 0.05) is 51.8 Å². The van der Waals surface area contributed by atoms with Crippen LogP contribution >= 0.6 is 150 Å². The molecule has 48 heteroatoms. The van der Waals surface area contributed by atoms with Crippen LogP contribution < -0.4 is 39.1 Å². The molecular weight excluding hydrogens is 1990 g/mol. The third kappa shape index (κ3) is 22.8. The lowest BCUT2D eigenvalue weighted by atomic mass is 10.0. The molecule has 2 aromatic carbocycles. The van der Waals surface area contributed by atoms with Crippen LogP contribution in [0.3, 0.4) is 0 Å². The number of carboxylic acid groups (broad SMARTS) is 3. The quantitative estimate of drug-likeness (QED) is 0.0115. The number of nitrogens with zero attached hydrogens (tertiary/aromatic N) is 10. The Hall–Kier alpha value is -11.2. The lowest BCUT2D eigenvalue weighted by Gasteiger charge is -2.11. The molecule has 13 rings (SSSR count). The van der Waals surface area contributed by atoms with Crippen molar-refractivity contribution in [3.8, 4) is 73.4 Å². The van der Waals surface area contributed by atoms with Crippen LogP contribution in [0.15, 0.2) is 103 Å². The van der Waals surface area contributed by atoms with Crippen molar-refractivity contribution in [1.29, 1.82) is 0 Å². The van der Waals surface area contributed by atoms with Crippen LogP contribution in [0, 0.1) is 38.7 Å². The topological polar surface area (TPSA) is 485 Å². The minimum absolute atomic E-state index is 0.00127. The molecule has 1 saturated carbocycles. The number of hydrogen-bond donors (Lipinski definition) is 9. The van der Waals surface area contributed by atoms with Gasteiger partial charge in [0.15, 0.2) is 57.4 Å². The van der Waals surface area contributed by atoms with E-state index < -0.39 is 127 Å². The van der Waals surface area contributed by atoms with Crippen molar-refractivity contribution in [3.63, 3.8) is 0 Å². The Kier molecular flexibility index (Phi) is 34.0. The maximum Gasteiger partial charge on any atom is 0.358 e. The molecule has 124 heavy (non-hydrogen) atoms. The second kappa shape index (κ2) is 42.9. The van der Waals surface area contributed by atoms with Crippen molar-refractivity contribution >= 4 is 220 Å². The van der Waals surface area contributed by atoms with Gasteiger partial charge in [-0.15, -0.1) is 0 Å². The van der Waals surface area contributed by atoms with Crippen LogP contribution in [0.2, 0.25) is 55.5 Å². The van der Waals surface area contributed by atoms with E-state index >= 15 is 0 Å². The summed E-state index contributed by atoms with van der Waals surface area (Å²) in [5.74, 6) is -11.3. The number of pyridine rings is 10. The summed E-state index contributed by atoms with van der Waals surface area (Å²) in [7, 11) is 5.04. The fourth-order valence-corrected chi connectivity index (χ4v) is 12.5. The van der Waals surface area contributed by atoms with Crippen molar-refractivity contribution in [2.45, 2.75) is 25.4 Å². The van der Waals surface area contributed by atoms with E-state index in [4.69, 9.17) is 182 Å². The minimum Gasteiger partial charge on any atom is -0.480 e. The zero-order chi connectivity index (χ0) is 92.1. The van der Waals surface area contributed by atoms with Gasteiger partial charge >= 0.3 is 35.8 Å². The smallest absolute Gasteiger partial charge is 0.358 e. The van der Waals surface area contributed by atoms with Gasteiger partial charge in [-0.05, 0) is 120 Å². The van der Waals surface area contributed by atoms with E-state index in [1.807, 2.05) is 28.7 Å². The lowest BCUT2D eigenvalue weighted by molar-refractivity contribution is 0.0585. The molecule has 0 saturated heterocycles. The number of aromatic nitrogens is 10. The number of anilines is 6. The Morgan fingerprint density at radius 2 is 0.782 bits per heavy atom. The maximum atomic E-state index is 14.3. The number of benzene rings is 2. The molecule has 1 aliphatic carbocycles. The number of alkyl halides is 1. The van der Waals surface area contributed by atoms with E-state index in [-0.39, 0.29) is 131 Å². The molecule has 1 fully saturated rings. The van der Waals surface area contributed by atoms with Gasteiger partial charge in [0.05, 0.1) is 136 Å². The second-order valence-corrected chi connectivity index (χ2v) is 29.6. The average molecular weight is 2050 g/mol. The van der Waals surface area contributed by atoms with Gasteiger partial charge < -0.3 is 68.7 Å². The van der Waals surface area contributed by atoms with Crippen LogP contribution in [0.4, 0.5) is 64.9 Å². The van der Waals surface area contributed by atoms with E-state index in [0.29, 0.717) is 32.0 Å². The molecule has 0 unspecified atom stereocenters. The maximum absolute atomic E-state index is 14.3. The fourth-order valence-electron chi connectivity index (χ4n) is 10.2. The second-order valence-electron chi connectivity index (χ2n) is 24.2. The number of rotatable bonds is 15. The highest BCUT2D eigenvalue weighted by molar-refractivity contribution is 14.1. The number of esters is 3. The number of carboxylic acids is 3. The summed E-state index contributed by atoms with van der Waals surface area (Å²) in [4.78, 5) is 107. The molecule has 0 spiro atoms. The summed E-state index contributed by atoms with van der Waals surface area (Å²) in [6.07, 6.45) is 5.15. The number of carbonyl (C=O) groups excluding carboxylic acids is 3. The highest BCUT2D eigenvalue weighted by Crippen LogP contribution is 2.43. The molecule has 10 aromatic heterocycles. The zero-order valence-electron chi connectivity index (χ0n) is 62.6. The van der Waals surface area contributed by atoms with Gasteiger partial charge in [0.2, 0.25) is 11.8 Å². The lowest BCUT2D eigenvalue weighted by Crippen LogP contribution is -2.10. The van der Waals surface area contributed by atoms with Crippen LogP contribution in [0.25, 0.3) is 67.5 Å². The third-order valence-corrected chi connectivity index (χ3v) is 20.7. The highest BCUT2D eigenvalue weighted by atomic mass is 127. The van der Waals surface area contributed by atoms with E-state index in [2.05, 4.69) is 64.1 Å². The van der Waals surface area contributed by atoms with Crippen LogP contribution in [-0.4, -0.2) is 129 Å². The van der Waals surface area contributed by atoms with Crippen molar-refractivity contribution in [1.82, 2.24) is 49.8 Å². The zero-order valence-corrected chi connectivity index (χ0v) is 73.0. The predicted molar refractivity (Wildman–Crippen MR) is 462 cm³/mol. The van der Waals surface area contributed by atoms with Crippen molar-refractivity contribution in [2.75, 3.05) is 62.8 Å². The number of nitrogens with two attached hydrogens (primary N) is 6. The summed E-state index contributed by atoms with van der Waals surface area (Å²) < 4.78 is 116. The monoisotopic (exact) mass is 2040 g/mol. The van der Waals surface area contributed by atoms with Crippen LogP contribution in [0.1, 0.15) is 92.9 Å². The molecule has 10 heterocycles. The number of halogens is 19. The first-order valence-corrected chi connectivity index (χ1v) is 38.8. The molecule has 29 nitrogen and oxygen atoms in total. The molecular formula is C76H51Cl11F7IN16O13. The van der Waals surface area contributed by atoms with Gasteiger partial charge in [-0.3, -0.25) is 4.98 Å². The van der Waals surface area contributed by atoms with Crippen molar-refractivity contribution in [2.24, 2.45) is 0 Å². The van der Waals surface area contributed by atoms with Crippen molar-refractivity contribution in [3.05, 3.63) is 243 Å². The molecule has 12 aromatic rings. The van der Waals surface area contributed by atoms with Crippen LogP contribution in [-0.2, 0) is 20.9 Å². The van der Waals surface area contributed by atoms with Gasteiger partial charge in [-0.25, -0.2) is 100.0 Å². The molecule has 15 N–H and O–H groups in total. The predicted octanol–water partition coefficient (Wildman–Crippen LogP) is 20.0. The number of nitrogen functional groups attached to an aromatic ring is 6. The fraction of sp³-hybridized carbons (Fsp3) is 0.105. The molecule has 0 radical (unpaired) electrons. The number of carbonyl (C=O) groups is 6. The summed E-state index contributed by atoms with van der Waals surface area (Å²) in [5.41, 5.74) is 31.8. The Bertz CT molecular complexity index is 6230. The minimum atomic E-state index is -1.52. The van der Waals surface area contributed by atoms with Crippen LogP contribution in [0.5, 0.6) is 5.88 Å². The molecule has 0 amide bonds. The largest absolute Gasteiger partial charge is 0.480 e. The number of hydrogen-bond acceptors (Lipinski definition) is 26. The highest BCUT2D eigenvalue weighted by Gasteiger charge is 2.30. The standard InChI is InChI=1S/C15H13ClFN3O2.C13H8Cl2F2N2O2.C13H11Cl2N3O3.C12H5Cl3F2N2O2.C12H8Cl2FN3O2.C11H6ClFIN3O2/c1-22-15(21)14-10(16)12(18)11(17)13(20-14)8-4-5-9(19-6-8)7-2-3-7;14-7-2-1-5(6(4-16)11(7)17)9-3-8(18)10(15)12(19-9)13(20)21;1-20-12-6(3-4-9(14)18-12)8-5-7(16)10(15)11(17-8)13(19)21-2;13-4-2-1-3(5(14)7(4)16)10-8(17)9(18)6(15)11(19-10)12(20)21;1-20-12(19)10-9(14)6(16)4-7(17-10)5-2-3-8(13)18-11(5)15;12-6-8(15)7(13)9(17-10(6)11(18)19)4-1-2-5(14)16-3-4/h4-7H,2-3H2,1H3,(H2,18,20);1-3H,4H2,(H2,18,19)(H,20,21);3-5H,1-2H3,(H2,16,17);1-2H,(H2,18,19)(H,20,21);2-4H,1H3,(H2,16,17);1-3H,(H2,15,17)(H,18,19). The first-order chi connectivity index (χ1) is 58.5. The number of methoxy groups -OCH3 is 4. The van der Waals surface area contributed by atoms with Gasteiger partial charge in [0.25, 0.3) is 0 Å². The Labute approximate surface area is 762 Å². The molecule has 646 valence electrons.